The quantitative estimate of drug-likeness (QED) is 0.749. The summed E-state index contributed by atoms with van der Waals surface area (Å²) >= 11 is 0. The number of hydrogen-bond acceptors (Lipinski definition) is 2. The second-order valence-corrected chi connectivity index (χ2v) is 5.79. The number of benzene rings is 2. The van der Waals surface area contributed by atoms with Gasteiger partial charge in [0.05, 0.1) is 11.0 Å². The van der Waals surface area contributed by atoms with Crippen molar-refractivity contribution < 1.29 is 9.18 Å². The van der Waals surface area contributed by atoms with Crippen LogP contribution < -0.4 is 11.0 Å². The van der Waals surface area contributed by atoms with Crippen LogP contribution in [0.2, 0.25) is 0 Å². The Hall–Kier alpha value is -2.89. The highest BCUT2D eigenvalue weighted by Gasteiger charge is 2.12. The van der Waals surface area contributed by atoms with Crippen LogP contribution in [0.1, 0.15) is 18.9 Å². The Balaban J connectivity index is 1.69. The van der Waals surface area contributed by atoms with Gasteiger partial charge in [-0.2, -0.15) is 0 Å². The number of carbonyl (C=O) groups is 1. The fourth-order valence-corrected chi connectivity index (χ4v) is 2.93. The summed E-state index contributed by atoms with van der Waals surface area (Å²) in [6.45, 7) is 2.91. The van der Waals surface area contributed by atoms with Gasteiger partial charge in [-0.15, -0.1) is 0 Å². The average Bonchev–Trinajstić information content (AvgIpc) is 2.90. The summed E-state index contributed by atoms with van der Waals surface area (Å²) in [5.74, 6) is -0.562. The van der Waals surface area contributed by atoms with Gasteiger partial charge in [0, 0.05) is 31.6 Å². The van der Waals surface area contributed by atoms with Crippen molar-refractivity contribution in [1.29, 1.82) is 0 Å². The number of hydrogen-bond donors (Lipinski definition) is 1. The van der Waals surface area contributed by atoms with Crippen molar-refractivity contribution in [1.82, 2.24) is 14.5 Å². The van der Waals surface area contributed by atoms with Crippen LogP contribution >= 0.6 is 0 Å². The molecule has 3 rings (SSSR count). The number of rotatable bonds is 6. The third kappa shape index (κ3) is 3.47. The van der Waals surface area contributed by atoms with Gasteiger partial charge in [-0.3, -0.25) is 13.9 Å². The largest absolute Gasteiger partial charge is 0.352 e. The van der Waals surface area contributed by atoms with E-state index in [0.717, 1.165) is 11.0 Å². The van der Waals surface area contributed by atoms with E-state index in [1.54, 1.807) is 27.3 Å². The van der Waals surface area contributed by atoms with E-state index >= 15 is 0 Å². The van der Waals surface area contributed by atoms with Crippen LogP contribution in [0.5, 0.6) is 0 Å². The lowest BCUT2D eigenvalue weighted by atomic mass is 10.2. The molecule has 0 spiro atoms. The fraction of sp³-hybridized carbons (Fsp3) is 0.263. The van der Waals surface area contributed by atoms with Crippen LogP contribution in [-0.4, -0.2) is 15.0 Å². The third-order valence-electron chi connectivity index (χ3n) is 4.24. The summed E-state index contributed by atoms with van der Waals surface area (Å²) in [6.07, 6.45) is 0.159. The zero-order chi connectivity index (χ0) is 17.8. The predicted molar refractivity (Wildman–Crippen MR) is 94.7 cm³/mol. The van der Waals surface area contributed by atoms with Crippen LogP contribution in [-0.2, 0) is 24.4 Å². The first-order valence-electron chi connectivity index (χ1n) is 8.30. The molecule has 0 bridgehead atoms. The van der Waals surface area contributed by atoms with E-state index in [0.29, 0.717) is 12.1 Å². The minimum Gasteiger partial charge on any atom is -0.352 e. The van der Waals surface area contributed by atoms with Gasteiger partial charge in [0.1, 0.15) is 5.82 Å². The molecular weight excluding hydrogens is 321 g/mol. The van der Waals surface area contributed by atoms with Gasteiger partial charge >= 0.3 is 5.69 Å². The Morgan fingerprint density at radius 3 is 2.36 bits per heavy atom. The van der Waals surface area contributed by atoms with Crippen molar-refractivity contribution in [3.63, 3.8) is 0 Å². The van der Waals surface area contributed by atoms with Gasteiger partial charge in [0.15, 0.2) is 0 Å². The highest BCUT2D eigenvalue weighted by molar-refractivity contribution is 5.78. The molecule has 1 heterocycles. The van der Waals surface area contributed by atoms with Gasteiger partial charge in [0.25, 0.3) is 0 Å². The highest BCUT2D eigenvalue weighted by Crippen LogP contribution is 2.13. The van der Waals surface area contributed by atoms with Gasteiger partial charge in [-0.1, -0.05) is 30.3 Å². The zero-order valence-corrected chi connectivity index (χ0v) is 14.0. The van der Waals surface area contributed by atoms with Crippen molar-refractivity contribution in [2.24, 2.45) is 0 Å². The van der Waals surface area contributed by atoms with Gasteiger partial charge in [-0.05, 0) is 25.1 Å². The summed E-state index contributed by atoms with van der Waals surface area (Å²) in [5, 5.41) is 2.70. The molecule has 0 aliphatic rings. The molecule has 0 saturated carbocycles. The van der Waals surface area contributed by atoms with Gasteiger partial charge in [-0.25, -0.2) is 9.18 Å². The molecule has 2 aromatic carbocycles. The second-order valence-electron chi connectivity index (χ2n) is 5.79. The number of aryl methyl sites for hydroxylation is 2. The van der Waals surface area contributed by atoms with Crippen LogP contribution in [0.15, 0.2) is 53.3 Å². The smallest absolute Gasteiger partial charge is 0.329 e. The molecule has 0 aliphatic heterocycles. The summed E-state index contributed by atoms with van der Waals surface area (Å²) in [6, 6.07) is 13.9. The van der Waals surface area contributed by atoms with E-state index < -0.39 is 0 Å². The summed E-state index contributed by atoms with van der Waals surface area (Å²) < 4.78 is 16.9. The van der Waals surface area contributed by atoms with E-state index in [1.165, 1.54) is 6.07 Å². The van der Waals surface area contributed by atoms with Crippen LogP contribution in [0, 0.1) is 5.82 Å². The van der Waals surface area contributed by atoms with Gasteiger partial charge in [0.2, 0.25) is 5.91 Å². The number of nitrogens with zero attached hydrogens (tertiary/aromatic N) is 2. The number of amides is 1. The molecule has 5 nitrogen and oxygen atoms in total. The number of fused-ring (bicyclic) bond motifs is 1. The number of imidazole rings is 1. The first-order chi connectivity index (χ1) is 12.1. The van der Waals surface area contributed by atoms with Crippen molar-refractivity contribution in [2.45, 2.75) is 33.0 Å². The van der Waals surface area contributed by atoms with Crippen molar-refractivity contribution in [2.75, 3.05) is 0 Å². The summed E-state index contributed by atoms with van der Waals surface area (Å²) in [4.78, 5) is 24.6. The summed E-state index contributed by atoms with van der Waals surface area (Å²) in [7, 11) is 0. The maximum atomic E-state index is 13.6. The normalized spacial score (nSPS) is 11.0. The Bertz CT molecular complexity index is 959. The predicted octanol–water partition coefficient (Wildman–Crippen LogP) is 2.67. The molecule has 0 radical (unpaired) electrons. The molecule has 1 amide bonds. The molecule has 3 aromatic rings. The Morgan fingerprint density at radius 1 is 1.04 bits per heavy atom. The molecule has 0 unspecified atom stereocenters. The number of halogens is 1. The summed E-state index contributed by atoms with van der Waals surface area (Å²) in [5.41, 5.74) is 2.00. The molecule has 0 fully saturated rings. The Labute approximate surface area is 144 Å². The number of para-hydroxylation sites is 2. The maximum absolute atomic E-state index is 13.6. The SMILES string of the molecule is CCn1c(=O)n(CCC(=O)NCc2ccccc2F)c2ccccc21. The maximum Gasteiger partial charge on any atom is 0.329 e. The minimum atomic E-state index is -0.343. The molecule has 1 aromatic heterocycles. The van der Waals surface area contributed by atoms with E-state index in [4.69, 9.17) is 0 Å². The fourth-order valence-electron chi connectivity index (χ4n) is 2.93. The lowest BCUT2D eigenvalue weighted by Gasteiger charge is -2.07. The Kier molecular flexibility index (Phi) is 4.97. The minimum absolute atomic E-state index is 0.120. The first-order valence-corrected chi connectivity index (χ1v) is 8.30. The van der Waals surface area contributed by atoms with E-state index in [9.17, 15) is 14.0 Å². The molecule has 130 valence electrons. The monoisotopic (exact) mass is 341 g/mol. The Morgan fingerprint density at radius 2 is 1.68 bits per heavy atom. The highest BCUT2D eigenvalue weighted by atomic mass is 19.1. The van der Waals surface area contributed by atoms with E-state index in [1.807, 2.05) is 31.2 Å². The number of carbonyl (C=O) groups excluding carboxylic acids is 1. The lowest BCUT2D eigenvalue weighted by Crippen LogP contribution is -2.28. The second kappa shape index (κ2) is 7.34. The molecule has 6 heteroatoms. The molecule has 0 saturated heterocycles. The first kappa shape index (κ1) is 17.0. The topological polar surface area (TPSA) is 56.0 Å². The zero-order valence-electron chi connectivity index (χ0n) is 14.0. The van der Waals surface area contributed by atoms with Crippen molar-refractivity contribution in [3.8, 4) is 0 Å². The average molecular weight is 341 g/mol. The molecule has 0 atom stereocenters. The molecular formula is C19H20FN3O2. The number of aromatic nitrogens is 2. The van der Waals surface area contributed by atoms with Crippen molar-refractivity contribution in [3.05, 3.63) is 70.4 Å². The standard InChI is InChI=1S/C19H20FN3O2/c1-2-22-16-9-5-6-10-17(16)23(19(22)25)12-11-18(24)21-13-14-7-3-4-8-15(14)20/h3-10H,2,11-13H2,1H3,(H,21,24). The van der Waals surface area contributed by atoms with E-state index in [2.05, 4.69) is 5.32 Å². The molecule has 25 heavy (non-hydrogen) atoms. The van der Waals surface area contributed by atoms with Gasteiger partial charge < -0.3 is 5.32 Å². The lowest BCUT2D eigenvalue weighted by molar-refractivity contribution is -0.121. The third-order valence-corrected chi connectivity index (χ3v) is 4.24. The van der Waals surface area contributed by atoms with Crippen LogP contribution in [0.4, 0.5) is 4.39 Å². The molecule has 0 aliphatic carbocycles. The van der Waals surface area contributed by atoms with E-state index in [-0.39, 0.29) is 36.9 Å². The van der Waals surface area contributed by atoms with Crippen LogP contribution in [0.3, 0.4) is 0 Å². The number of nitrogens with one attached hydrogen (secondary N) is 1. The molecule has 1 N–H and O–H groups in total. The van der Waals surface area contributed by atoms with Crippen molar-refractivity contribution >= 4 is 16.9 Å². The van der Waals surface area contributed by atoms with Crippen LogP contribution in [0.25, 0.3) is 11.0 Å².